The average Bonchev–Trinajstić information content (AvgIpc) is 3.19. The molecule has 4 aromatic rings. The maximum Gasteiger partial charge on any atom is 0.416 e. The average molecular weight is 520 g/mol. The molecule has 0 aliphatic carbocycles. The molecule has 1 heterocycles. The number of hydrogen-bond acceptors (Lipinski definition) is 2. The molecular formula is C27H19ClF5NO2. The molecule has 1 N–H and O–H groups in total. The van der Waals surface area contributed by atoms with Crippen LogP contribution < -0.4 is 4.74 Å². The van der Waals surface area contributed by atoms with E-state index >= 15 is 0 Å². The van der Waals surface area contributed by atoms with E-state index < -0.39 is 35.7 Å². The van der Waals surface area contributed by atoms with Gasteiger partial charge in [0.05, 0.1) is 16.8 Å². The van der Waals surface area contributed by atoms with Gasteiger partial charge in [-0.15, -0.1) is 0 Å². The van der Waals surface area contributed by atoms with E-state index in [1.54, 1.807) is 25.1 Å². The zero-order valence-corrected chi connectivity index (χ0v) is 19.6. The molecule has 186 valence electrons. The van der Waals surface area contributed by atoms with E-state index in [0.29, 0.717) is 22.0 Å². The summed E-state index contributed by atoms with van der Waals surface area (Å²) in [4.78, 5) is 0. The Morgan fingerprint density at radius 3 is 2.33 bits per heavy atom. The van der Waals surface area contributed by atoms with Gasteiger partial charge >= 0.3 is 6.18 Å². The van der Waals surface area contributed by atoms with Crippen molar-refractivity contribution in [2.24, 2.45) is 0 Å². The first-order valence-corrected chi connectivity index (χ1v) is 11.0. The van der Waals surface area contributed by atoms with Crippen LogP contribution in [0.3, 0.4) is 0 Å². The summed E-state index contributed by atoms with van der Waals surface area (Å²) in [6.07, 6.45) is -4.67. The number of alkyl halides is 3. The lowest BCUT2D eigenvalue weighted by molar-refractivity contribution is -0.137. The fourth-order valence-corrected chi connectivity index (χ4v) is 3.98. The Morgan fingerprint density at radius 1 is 1.00 bits per heavy atom. The van der Waals surface area contributed by atoms with Crippen molar-refractivity contribution in [3.63, 3.8) is 0 Å². The molecule has 1 aromatic heterocycles. The largest absolute Gasteiger partial charge is 0.508 e. The molecule has 36 heavy (non-hydrogen) atoms. The lowest BCUT2D eigenvalue weighted by Crippen LogP contribution is -2.09. The first-order valence-electron chi connectivity index (χ1n) is 10.6. The van der Waals surface area contributed by atoms with Crippen LogP contribution in [0.5, 0.6) is 5.75 Å². The molecule has 0 aliphatic rings. The van der Waals surface area contributed by atoms with Crippen LogP contribution in [0.15, 0.2) is 73.3 Å². The summed E-state index contributed by atoms with van der Waals surface area (Å²) in [6.45, 7) is 4.61. The highest BCUT2D eigenvalue weighted by atomic mass is 35.5. The van der Waals surface area contributed by atoms with E-state index in [1.807, 2.05) is 0 Å². The van der Waals surface area contributed by atoms with Crippen LogP contribution in [0.2, 0.25) is 5.02 Å². The molecular weight excluding hydrogens is 501 g/mol. The van der Waals surface area contributed by atoms with E-state index in [-0.39, 0.29) is 22.6 Å². The molecule has 0 unspecified atom stereocenters. The Morgan fingerprint density at radius 2 is 1.69 bits per heavy atom. The minimum Gasteiger partial charge on any atom is -0.508 e. The number of nitrogens with zero attached hydrogens (tertiary/aromatic N) is 1. The molecule has 0 saturated heterocycles. The van der Waals surface area contributed by atoms with Crippen molar-refractivity contribution >= 4 is 17.4 Å². The normalized spacial score (nSPS) is 11.5. The smallest absolute Gasteiger partial charge is 0.416 e. The summed E-state index contributed by atoms with van der Waals surface area (Å²) in [5.74, 6) is -1.86. The zero-order valence-electron chi connectivity index (χ0n) is 18.8. The molecule has 4 rings (SSSR count). The molecule has 0 aliphatic heterocycles. The summed E-state index contributed by atoms with van der Waals surface area (Å²) in [7, 11) is 0. The van der Waals surface area contributed by atoms with Crippen LogP contribution in [-0.2, 0) is 12.8 Å². The van der Waals surface area contributed by atoms with Crippen molar-refractivity contribution in [2.45, 2.75) is 19.7 Å². The number of aryl methyl sites for hydroxylation is 1. The highest BCUT2D eigenvalue weighted by molar-refractivity contribution is 6.31. The summed E-state index contributed by atoms with van der Waals surface area (Å²) in [5, 5.41) is 10.1. The Bertz CT molecular complexity index is 1440. The number of aliphatic hydroxyl groups is 1. The number of aliphatic hydroxyl groups excluding tert-OH is 1. The van der Waals surface area contributed by atoms with E-state index in [0.717, 1.165) is 24.3 Å². The van der Waals surface area contributed by atoms with Gasteiger partial charge in [-0.05, 0) is 67.6 Å². The van der Waals surface area contributed by atoms with Gasteiger partial charge in [-0.25, -0.2) is 8.78 Å². The third-order valence-electron chi connectivity index (χ3n) is 5.56. The quantitative estimate of drug-likeness (QED) is 0.205. The van der Waals surface area contributed by atoms with Crippen LogP contribution >= 0.6 is 11.6 Å². The lowest BCUT2D eigenvalue weighted by atomic mass is 10.1. The van der Waals surface area contributed by atoms with Gasteiger partial charge in [0.25, 0.3) is 0 Å². The maximum absolute atomic E-state index is 14.1. The fourth-order valence-electron chi connectivity index (χ4n) is 3.81. The highest BCUT2D eigenvalue weighted by Crippen LogP contribution is 2.38. The molecule has 0 atom stereocenters. The topological polar surface area (TPSA) is 34.4 Å². The standard InChI is InChI=1S/C27H19ClF5NO2/c1-15-6-8-25(34(15)20-11-17(16(2)35)10-18(12-20)27(31,32)33)21-13-19(28)7-9-26(21)36-14-22-23(29)4-3-5-24(22)30/h3-13,35H,2,14H2,1H3. The highest BCUT2D eigenvalue weighted by Gasteiger charge is 2.32. The molecule has 0 saturated carbocycles. The Balaban J connectivity index is 1.84. The van der Waals surface area contributed by atoms with Gasteiger partial charge in [-0.3, -0.25) is 0 Å². The number of ether oxygens (including phenoxy) is 1. The van der Waals surface area contributed by atoms with Gasteiger partial charge in [0.1, 0.15) is 29.8 Å². The lowest BCUT2D eigenvalue weighted by Gasteiger charge is -2.18. The predicted molar refractivity (Wildman–Crippen MR) is 128 cm³/mol. The second-order valence-corrected chi connectivity index (χ2v) is 8.47. The third-order valence-corrected chi connectivity index (χ3v) is 5.80. The van der Waals surface area contributed by atoms with Crippen molar-refractivity contribution in [3.05, 3.63) is 112 Å². The molecule has 0 spiro atoms. The summed E-state index contributed by atoms with van der Waals surface area (Å²) < 4.78 is 76.3. The number of aromatic nitrogens is 1. The number of hydrogen-bond donors (Lipinski definition) is 1. The first-order chi connectivity index (χ1) is 17.0. The summed E-state index contributed by atoms with van der Waals surface area (Å²) >= 11 is 6.21. The van der Waals surface area contributed by atoms with Crippen molar-refractivity contribution < 1.29 is 31.8 Å². The Kier molecular flexibility index (Phi) is 6.82. The molecule has 0 bridgehead atoms. The third kappa shape index (κ3) is 5.09. The van der Waals surface area contributed by atoms with Crippen molar-refractivity contribution in [1.29, 1.82) is 0 Å². The van der Waals surface area contributed by atoms with E-state index in [2.05, 4.69) is 6.58 Å². The van der Waals surface area contributed by atoms with E-state index in [9.17, 15) is 27.1 Å². The Hall–Kier alpha value is -3.78. The first kappa shape index (κ1) is 25.3. The fraction of sp³-hybridized carbons (Fsp3) is 0.111. The number of halogens is 6. The van der Waals surface area contributed by atoms with Crippen molar-refractivity contribution in [1.82, 2.24) is 4.57 Å². The second-order valence-electron chi connectivity index (χ2n) is 8.04. The van der Waals surface area contributed by atoms with Crippen LogP contribution in [-0.4, -0.2) is 9.67 Å². The zero-order chi connectivity index (χ0) is 26.2. The Labute approximate surface area is 208 Å². The van der Waals surface area contributed by atoms with E-state index in [4.69, 9.17) is 16.3 Å². The summed E-state index contributed by atoms with van der Waals surface area (Å²) in [5.41, 5.74) is 0.137. The molecule has 0 amide bonds. The van der Waals surface area contributed by atoms with Crippen LogP contribution in [0.4, 0.5) is 22.0 Å². The van der Waals surface area contributed by atoms with Gasteiger partial charge in [0, 0.05) is 27.5 Å². The number of rotatable bonds is 6. The van der Waals surface area contributed by atoms with Gasteiger partial charge in [-0.2, -0.15) is 13.2 Å². The van der Waals surface area contributed by atoms with Gasteiger partial charge in [0.2, 0.25) is 0 Å². The number of benzene rings is 3. The molecule has 3 nitrogen and oxygen atoms in total. The predicted octanol–water partition coefficient (Wildman–Crippen LogP) is 8.51. The van der Waals surface area contributed by atoms with Crippen LogP contribution in [0, 0.1) is 18.6 Å². The molecule has 0 radical (unpaired) electrons. The van der Waals surface area contributed by atoms with Crippen molar-refractivity contribution in [3.8, 4) is 22.7 Å². The monoisotopic (exact) mass is 519 g/mol. The van der Waals surface area contributed by atoms with Crippen LogP contribution in [0.1, 0.15) is 22.4 Å². The maximum atomic E-state index is 14.1. The summed E-state index contributed by atoms with van der Waals surface area (Å²) in [6, 6.07) is 14.5. The van der Waals surface area contributed by atoms with E-state index in [1.165, 1.54) is 28.8 Å². The van der Waals surface area contributed by atoms with Gasteiger partial charge in [-0.1, -0.05) is 24.2 Å². The van der Waals surface area contributed by atoms with Crippen molar-refractivity contribution in [2.75, 3.05) is 0 Å². The molecule has 0 fully saturated rings. The minimum atomic E-state index is -4.67. The molecule has 9 heteroatoms. The SMILES string of the molecule is C=C(O)c1cc(-n2c(C)ccc2-c2cc(Cl)ccc2OCc2c(F)cccc2F)cc(C(F)(F)F)c1. The van der Waals surface area contributed by atoms with Gasteiger partial charge in [0.15, 0.2) is 0 Å². The molecule has 3 aromatic carbocycles. The minimum absolute atomic E-state index is 0.100. The van der Waals surface area contributed by atoms with Gasteiger partial charge < -0.3 is 14.4 Å². The van der Waals surface area contributed by atoms with Crippen LogP contribution in [0.25, 0.3) is 22.7 Å². The second kappa shape index (κ2) is 9.70.